The first-order chi connectivity index (χ1) is 18.0. The van der Waals surface area contributed by atoms with Gasteiger partial charge in [0, 0.05) is 27.5 Å². The van der Waals surface area contributed by atoms with E-state index in [1.165, 1.54) is 31.2 Å². The summed E-state index contributed by atoms with van der Waals surface area (Å²) in [6.07, 6.45) is 0.839. The molecule has 2 aromatic carbocycles. The molecule has 0 bridgehead atoms. The van der Waals surface area contributed by atoms with Gasteiger partial charge in [0.2, 0.25) is 5.12 Å². The lowest BCUT2D eigenvalue weighted by Gasteiger charge is -2.24. The van der Waals surface area contributed by atoms with Crippen LogP contribution in [0.15, 0.2) is 54.9 Å². The number of thioether (sulfide) groups is 1. The molecule has 0 spiro atoms. The molecule has 13 heteroatoms. The molecular formula is C26H27FN4O7S. The van der Waals surface area contributed by atoms with Crippen molar-refractivity contribution in [2.24, 2.45) is 0 Å². The number of nitrogens with one attached hydrogen (secondary N) is 2. The first kappa shape index (κ1) is 29.8. The van der Waals surface area contributed by atoms with E-state index in [0.29, 0.717) is 5.56 Å². The fraction of sp³-hybridized carbons (Fsp3) is 0.269. The predicted octanol–water partition coefficient (Wildman–Crippen LogP) is 1.65. The molecular weight excluding hydrogens is 531 g/mol. The van der Waals surface area contributed by atoms with E-state index >= 15 is 0 Å². The Morgan fingerprint density at radius 2 is 1.28 bits per heavy atom. The molecule has 0 aliphatic heterocycles. The van der Waals surface area contributed by atoms with Crippen LogP contribution in [0.2, 0.25) is 0 Å². The zero-order valence-corrected chi connectivity index (χ0v) is 22.2. The lowest BCUT2D eigenvalue weighted by Crippen LogP contribution is -2.47. The molecule has 0 saturated heterocycles. The summed E-state index contributed by atoms with van der Waals surface area (Å²) in [7, 11) is 0. The molecule has 0 atom stereocenters. The summed E-state index contributed by atoms with van der Waals surface area (Å²) in [6, 6.07) is 9.36. The van der Waals surface area contributed by atoms with Gasteiger partial charge < -0.3 is 20.4 Å². The van der Waals surface area contributed by atoms with Crippen LogP contribution in [-0.2, 0) is 11.8 Å². The van der Waals surface area contributed by atoms with E-state index in [2.05, 4.69) is 9.97 Å². The molecule has 0 unspecified atom stereocenters. The standard InChI is InChI=1S/C26H27FN4O7S/c1-14-11-17(9-10-18(14)27)26(37,38)31-22(33)20-12-19(28-13-29-20)21(32)30-25(35,36)16-7-5-15(6-8-16)23(34)39-24(2,3)4/h5-13,35-38H,1-4H3,(H,30,32)(H,31,33). The van der Waals surface area contributed by atoms with Crippen molar-refractivity contribution in [3.05, 3.63) is 94.3 Å². The predicted molar refractivity (Wildman–Crippen MR) is 138 cm³/mol. The van der Waals surface area contributed by atoms with Crippen LogP contribution in [0.3, 0.4) is 0 Å². The first-order valence-corrected chi connectivity index (χ1v) is 12.3. The van der Waals surface area contributed by atoms with E-state index in [0.717, 1.165) is 42.4 Å². The number of halogens is 1. The topological polar surface area (TPSA) is 182 Å². The first-order valence-electron chi connectivity index (χ1n) is 11.5. The molecule has 0 aliphatic carbocycles. The van der Waals surface area contributed by atoms with Crippen molar-refractivity contribution < 1.29 is 39.2 Å². The van der Waals surface area contributed by atoms with E-state index in [1.54, 1.807) is 0 Å². The largest absolute Gasteiger partial charge is 0.345 e. The van der Waals surface area contributed by atoms with Crippen molar-refractivity contribution in [2.75, 3.05) is 0 Å². The number of carbonyl (C=O) groups excluding carboxylic acids is 3. The number of carbonyl (C=O) groups is 3. The number of aromatic nitrogens is 2. The number of hydrogen-bond donors (Lipinski definition) is 6. The summed E-state index contributed by atoms with van der Waals surface area (Å²) in [5.74, 6) is -8.57. The summed E-state index contributed by atoms with van der Waals surface area (Å²) in [6.45, 7) is 7.04. The van der Waals surface area contributed by atoms with Crippen molar-refractivity contribution in [3.8, 4) is 0 Å². The van der Waals surface area contributed by atoms with Crippen LogP contribution in [0.25, 0.3) is 0 Å². The highest BCUT2D eigenvalue weighted by Crippen LogP contribution is 2.28. The van der Waals surface area contributed by atoms with Crippen LogP contribution in [0, 0.1) is 12.7 Å². The van der Waals surface area contributed by atoms with Gasteiger partial charge in [-0.3, -0.25) is 25.0 Å². The van der Waals surface area contributed by atoms with Gasteiger partial charge in [0.05, 0.1) is 0 Å². The Morgan fingerprint density at radius 3 is 1.77 bits per heavy atom. The van der Waals surface area contributed by atoms with Crippen molar-refractivity contribution >= 4 is 28.7 Å². The zero-order chi connectivity index (χ0) is 29.2. The maximum absolute atomic E-state index is 13.5. The minimum absolute atomic E-state index is 0.108. The number of nitrogens with zero attached hydrogens (tertiary/aromatic N) is 2. The summed E-state index contributed by atoms with van der Waals surface area (Å²) < 4.78 is 13.2. The Hall–Kier alpha value is -3.75. The Labute approximate surface area is 227 Å². The van der Waals surface area contributed by atoms with Gasteiger partial charge in [-0.25, -0.2) is 14.4 Å². The monoisotopic (exact) mass is 558 g/mol. The van der Waals surface area contributed by atoms with E-state index in [1.807, 2.05) is 31.4 Å². The number of aliphatic hydroxyl groups is 4. The van der Waals surface area contributed by atoms with Crippen molar-refractivity contribution in [1.82, 2.24) is 20.6 Å². The van der Waals surface area contributed by atoms with Gasteiger partial charge in [-0.05, 0) is 42.8 Å². The van der Waals surface area contributed by atoms with Gasteiger partial charge in [-0.1, -0.05) is 44.7 Å². The normalized spacial score (nSPS) is 12.1. The lowest BCUT2D eigenvalue weighted by molar-refractivity contribution is -0.186. The molecule has 0 fully saturated rings. The van der Waals surface area contributed by atoms with E-state index < -0.39 is 40.8 Å². The van der Waals surface area contributed by atoms with Gasteiger partial charge in [-0.2, -0.15) is 0 Å². The van der Waals surface area contributed by atoms with E-state index in [4.69, 9.17) is 0 Å². The van der Waals surface area contributed by atoms with E-state index in [9.17, 15) is 39.2 Å². The third-order valence-corrected chi connectivity index (χ3v) is 6.22. The molecule has 2 amide bonds. The van der Waals surface area contributed by atoms with Crippen LogP contribution >= 0.6 is 11.8 Å². The van der Waals surface area contributed by atoms with Crippen molar-refractivity contribution in [1.29, 1.82) is 0 Å². The smallest absolute Gasteiger partial charge is 0.275 e. The van der Waals surface area contributed by atoms with Gasteiger partial charge in [0.1, 0.15) is 23.5 Å². The number of hydrogen-bond acceptors (Lipinski definition) is 10. The molecule has 1 heterocycles. The molecule has 206 valence electrons. The van der Waals surface area contributed by atoms with Crippen molar-refractivity contribution in [3.63, 3.8) is 0 Å². The fourth-order valence-corrected chi connectivity index (χ4v) is 4.04. The van der Waals surface area contributed by atoms with Crippen LogP contribution in [0.5, 0.6) is 0 Å². The maximum atomic E-state index is 13.5. The van der Waals surface area contributed by atoms with Crippen LogP contribution in [0.4, 0.5) is 4.39 Å². The van der Waals surface area contributed by atoms with Crippen LogP contribution in [-0.4, -0.2) is 52.1 Å². The van der Waals surface area contributed by atoms with Gasteiger partial charge in [-0.15, -0.1) is 0 Å². The number of benzene rings is 2. The van der Waals surface area contributed by atoms with Crippen molar-refractivity contribution in [2.45, 2.75) is 44.3 Å². The van der Waals surface area contributed by atoms with Gasteiger partial charge >= 0.3 is 0 Å². The molecule has 3 rings (SSSR count). The lowest BCUT2D eigenvalue weighted by atomic mass is 10.1. The summed E-state index contributed by atoms with van der Waals surface area (Å²) in [4.78, 5) is 45.0. The molecule has 3 aromatic rings. The number of aryl methyl sites for hydroxylation is 1. The average Bonchev–Trinajstić information content (AvgIpc) is 2.84. The van der Waals surface area contributed by atoms with Crippen LogP contribution < -0.4 is 10.6 Å². The molecule has 11 nitrogen and oxygen atoms in total. The highest BCUT2D eigenvalue weighted by Gasteiger charge is 2.32. The highest BCUT2D eigenvalue weighted by molar-refractivity contribution is 8.15. The zero-order valence-electron chi connectivity index (χ0n) is 21.4. The average molecular weight is 559 g/mol. The molecule has 0 radical (unpaired) electrons. The summed E-state index contributed by atoms with van der Waals surface area (Å²) >= 11 is 1.11. The molecule has 6 N–H and O–H groups in total. The Bertz CT molecular complexity index is 1410. The van der Waals surface area contributed by atoms with Crippen LogP contribution in [0.1, 0.15) is 68.8 Å². The number of rotatable bonds is 7. The molecule has 0 saturated carbocycles. The second-order valence-corrected chi connectivity index (χ2v) is 11.4. The van der Waals surface area contributed by atoms with Gasteiger partial charge in [0.25, 0.3) is 23.6 Å². The third-order valence-electron chi connectivity index (χ3n) is 5.19. The quantitative estimate of drug-likeness (QED) is 0.233. The molecule has 1 aromatic heterocycles. The molecule has 0 aliphatic rings. The number of amides is 2. The Morgan fingerprint density at radius 1 is 0.795 bits per heavy atom. The second-order valence-electron chi connectivity index (χ2n) is 9.58. The Kier molecular flexibility index (Phi) is 8.53. The SMILES string of the molecule is Cc1cc(C(O)(O)NC(=O)c2cc(C(=O)NC(O)(O)c3ccc(C(=O)SC(C)(C)C)cc3)ncn2)ccc1F. The fourth-order valence-electron chi connectivity index (χ4n) is 3.23. The minimum Gasteiger partial charge on any atom is -0.345 e. The summed E-state index contributed by atoms with van der Waals surface area (Å²) in [5.41, 5.74) is -0.849. The van der Waals surface area contributed by atoms with Gasteiger partial charge in [0.15, 0.2) is 0 Å². The third kappa shape index (κ3) is 7.65. The second kappa shape index (κ2) is 11.2. The maximum Gasteiger partial charge on any atom is 0.275 e. The Balaban J connectivity index is 1.72. The molecule has 39 heavy (non-hydrogen) atoms. The van der Waals surface area contributed by atoms with E-state index in [-0.39, 0.29) is 26.6 Å². The highest BCUT2D eigenvalue weighted by atomic mass is 32.2. The summed E-state index contributed by atoms with van der Waals surface area (Å²) in [5, 5.41) is 45.1. The minimum atomic E-state index is -2.90.